The van der Waals surface area contributed by atoms with Crippen LogP contribution in [-0.4, -0.2) is 17.7 Å². The Morgan fingerprint density at radius 2 is 2.06 bits per heavy atom. The molecule has 0 aromatic heterocycles. The molecule has 1 aliphatic carbocycles. The summed E-state index contributed by atoms with van der Waals surface area (Å²) in [6, 6.07) is 7.59. The fourth-order valence-electron chi connectivity index (χ4n) is 2.00. The highest BCUT2D eigenvalue weighted by molar-refractivity contribution is 14.1. The van der Waals surface area contributed by atoms with Crippen molar-refractivity contribution in [1.29, 1.82) is 0 Å². The Kier molecular flexibility index (Phi) is 4.15. The van der Waals surface area contributed by atoms with E-state index >= 15 is 0 Å². The zero-order chi connectivity index (χ0) is 12.3. The van der Waals surface area contributed by atoms with Crippen molar-refractivity contribution in [3.8, 4) is 0 Å². The minimum Gasteiger partial charge on any atom is -0.346 e. The molecular formula is C13H14INO2. The van der Waals surface area contributed by atoms with E-state index in [4.69, 9.17) is 0 Å². The highest BCUT2D eigenvalue weighted by Gasteiger charge is 2.25. The van der Waals surface area contributed by atoms with Crippen LogP contribution in [0.1, 0.15) is 24.8 Å². The SMILES string of the molecule is O=C(Cc1ccc(I)cc1)N[C@@H]1CCCC1=O. The van der Waals surface area contributed by atoms with E-state index in [1.165, 1.54) is 0 Å². The summed E-state index contributed by atoms with van der Waals surface area (Å²) >= 11 is 2.23. The molecule has 0 unspecified atom stereocenters. The number of amides is 1. The average molecular weight is 343 g/mol. The maximum absolute atomic E-state index is 11.7. The van der Waals surface area contributed by atoms with Crippen molar-refractivity contribution >= 4 is 34.3 Å². The summed E-state index contributed by atoms with van der Waals surface area (Å²) in [4.78, 5) is 23.1. The summed E-state index contributed by atoms with van der Waals surface area (Å²) in [5.41, 5.74) is 0.980. The van der Waals surface area contributed by atoms with Gasteiger partial charge in [-0.05, 0) is 53.1 Å². The van der Waals surface area contributed by atoms with Gasteiger partial charge in [-0.15, -0.1) is 0 Å². The third kappa shape index (κ3) is 3.52. The van der Waals surface area contributed by atoms with Gasteiger partial charge in [0.2, 0.25) is 5.91 Å². The van der Waals surface area contributed by atoms with E-state index < -0.39 is 0 Å². The molecular weight excluding hydrogens is 329 g/mol. The first kappa shape index (κ1) is 12.5. The second-order valence-electron chi connectivity index (χ2n) is 4.28. The highest BCUT2D eigenvalue weighted by Crippen LogP contribution is 2.14. The highest BCUT2D eigenvalue weighted by atomic mass is 127. The summed E-state index contributed by atoms with van der Waals surface area (Å²) in [6.07, 6.45) is 2.64. The summed E-state index contributed by atoms with van der Waals surface area (Å²) in [6.45, 7) is 0. The van der Waals surface area contributed by atoms with E-state index in [-0.39, 0.29) is 17.7 Å². The standard InChI is InChI=1S/C13H14INO2/c14-10-6-4-9(5-7-10)8-13(17)15-11-2-1-3-12(11)16/h4-7,11H,1-3,8H2,(H,15,17)/t11-/m1/s1. The lowest BCUT2D eigenvalue weighted by atomic mass is 10.1. The van der Waals surface area contributed by atoms with Crippen LogP contribution in [0, 0.1) is 3.57 Å². The molecule has 90 valence electrons. The summed E-state index contributed by atoms with van der Waals surface area (Å²) in [5.74, 6) is 0.104. The first-order valence-corrected chi connectivity index (χ1v) is 6.79. The van der Waals surface area contributed by atoms with E-state index in [0.717, 1.165) is 22.0 Å². The zero-order valence-electron chi connectivity index (χ0n) is 9.41. The number of benzene rings is 1. The van der Waals surface area contributed by atoms with E-state index in [9.17, 15) is 9.59 Å². The lowest BCUT2D eigenvalue weighted by Gasteiger charge is -2.10. The van der Waals surface area contributed by atoms with Crippen LogP contribution < -0.4 is 5.32 Å². The van der Waals surface area contributed by atoms with Crippen LogP contribution in [-0.2, 0) is 16.0 Å². The van der Waals surface area contributed by atoms with Gasteiger partial charge in [-0.1, -0.05) is 12.1 Å². The van der Waals surface area contributed by atoms with Gasteiger partial charge in [0.25, 0.3) is 0 Å². The van der Waals surface area contributed by atoms with Gasteiger partial charge < -0.3 is 5.32 Å². The molecule has 1 N–H and O–H groups in total. The second kappa shape index (κ2) is 5.62. The first-order chi connectivity index (χ1) is 8.15. The molecule has 1 aromatic rings. The minimum absolute atomic E-state index is 0.0635. The molecule has 3 nitrogen and oxygen atoms in total. The number of hydrogen-bond donors (Lipinski definition) is 1. The molecule has 0 saturated heterocycles. The first-order valence-electron chi connectivity index (χ1n) is 5.71. The number of rotatable bonds is 3. The number of halogens is 1. The van der Waals surface area contributed by atoms with Crippen LogP contribution in [0.5, 0.6) is 0 Å². The number of hydrogen-bond acceptors (Lipinski definition) is 2. The molecule has 0 aliphatic heterocycles. The largest absolute Gasteiger partial charge is 0.346 e. The molecule has 0 heterocycles. The van der Waals surface area contributed by atoms with Gasteiger partial charge in [0.05, 0.1) is 12.5 Å². The molecule has 0 spiro atoms. The summed E-state index contributed by atoms with van der Waals surface area (Å²) in [7, 11) is 0. The quantitative estimate of drug-likeness (QED) is 0.855. The maximum atomic E-state index is 11.7. The molecule has 1 aromatic carbocycles. The van der Waals surface area contributed by atoms with Crippen LogP contribution in [0.4, 0.5) is 0 Å². The number of carbonyl (C=O) groups is 2. The molecule has 1 amide bonds. The fraction of sp³-hybridized carbons (Fsp3) is 0.385. The maximum Gasteiger partial charge on any atom is 0.224 e. The lowest BCUT2D eigenvalue weighted by molar-refractivity contribution is -0.126. The van der Waals surface area contributed by atoms with Crippen molar-refractivity contribution in [3.63, 3.8) is 0 Å². The van der Waals surface area contributed by atoms with E-state index in [1.807, 2.05) is 24.3 Å². The number of nitrogens with one attached hydrogen (secondary N) is 1. The number of carbonyl (C=O) groups excluding carboxylic acids is 2. The lowest BCUT2D eigenvalue weighted by Crippen LogP contribution is -2.38. The van der Waals surface area contributed by atoms with Gasteiger partial charge >= 0.3 is 0 Å². The molecule has 0 bridgehead atoms. The Balaban J connectivity index is 1.88. The second-order valence-corrected chi connectivity index (χ2v) is 5.53. The Morgan fingerprint density at radius 1 is 1.35 bits per heavy atom. The van der Waals surface area contributed by atoms with Gasteiger partial charge in [0, 0.05) is 9.99 Å². The molecule has 2 rings (SSSR count). The number of ketones is 1. The predicted octanol–water partition coefficient (Wildman–Crippen LogP) is 2.07. The van der Waals surface area contributed by atoms with Crippen molar-refractivity contribution in [2.24, 2.45) is 0 Å². The number of Topliss-reactive ketones (excluding diaryl/α,β-unsaturated/α-hetero) is 1. The van der Waals surface area contributed by atoms with Crippen molar-refractivity contribution in [2.75, 3.05) is 0 Å². The third-order valence-electron chi connectivity index (χ3n) is 2.92. The molecule has 1 saturated carbocycles. The van der Waals surface area contributed by atoms with Gasteiger partial charge in [-0.2, -0.15) is 0 Å². The smallest absolute Gasteiger partial charge is 0.224 e. The van der Waals surface area contributed by atoms with Gasteiger partial charge in [0.1, 0.15) is 0 Å². The monoisotopic (exact) mass is 343 g/mol. The van der Waals surface area contributed by atoms with E-state index in [2.05, 4.69) is 27.9 Å². The van der Waals surface area contributed by atoms with Crippen molar-refractivity contribution in [1.82, 2.24) is 5.32 Å². The van der Waals surface area contributed by atoms with Crippen LogP contribution in [0.3, 0.4) is 0 Å². The topological polar surface area (TPSA) is 46.2 Å². The molecule has 1 atom stereocenters. The van der Waals surface area contributed by atoms with Crippen molar-refractivity contribution in [3.05, 3.63) is 33.4 Å². The zero-order valence-corrected chi connectivity index (χ0v) is 11.6. The van der Waals surface area contributed by atoms with Crippen LogP contribution >= 0.6 is 22.6 Å². The van der Waals surface area contributed by atoms with Gasteiger partial charge in [-0.3, -0.25) is 9.59 Å². The van der Waals surface area contributed by atoms with Gasteiger partial charge in [0.15, 0.2) is 5.78 Å². The van der Waals surface area contributed by atoms with Crippen molar-refractivity contribution in [2.45, 2.75) is 31.7 Å². The average Bonchev–Trinajstić information content (AvgIpc) is 2.68. The van der Waals surface area contributed by atoms with Crippen LogP contribution in [0.25, 0.3) is 0 Å². The Morgan fingerprint density at radius 3 is 2.65 bits per heavy atom. The Hall–Kier alpha value is -0.910. The molecule has 1 fully saturated rings. The summed E-state index contributed by atoms with van der Waals surface area (Å²) < 4.78 is 1.15. The fourth-order valence-corrected chi connectivity index (χ4v) is 2.36. The molecule has 1 aliphatic rings. The van der Waals surface area contributed by atoms with E-state index in [1.54, 1.807) is 0 Å². The molecule has 4 heteroatoms. The minimum atomic E-state index is -0.244. The van der Waals surface area contributed by atoms with E-state index in [0.29, 0.717) is 12.8 Å². The normalized spacial score (nSPS) is 19.4. The van der Waals surface area contributed by atoms with Gasteiger partial charge in [-0.25, -0.2) is 0 Å². The van der Waals surface area contributed by atoms with Crippen molar-refractivity contribution < 1.29 is 9.59 Å². The summed E-state index contributed by atoms with van der Waals surface area (Å²) in [5, 5.41) is 2.80. The van der Waals surface area contributed by atoms with Crippen LogP contribution in [0.15, 0.2) is 24.3 Å². The third-order valence-corrected chi connectivity index (χ3v) is 3.64. The molecule has 17 heavy (non-hydrogen) atoms. The Bertz CT molecular complexity index is 428. The molecule has 0 radical (unpaired) electrons. The van der Waals surface area contributed by atoms with Crippen LogP contribution in [0.2, 0.25) is 0 Å². The Labute approximate surface area is 114 Å². The predicted molar refractivity (Wildman–Crippen MR) is 73.7 cm³/mol.